The van der Waals surface area contributed by atoms with Crippen LogP contribution in [0.2, 0.25) is 0 Å². The van der Waals surface area contributed by atoms with Crippen LogP contribution in [0.3, 0.4) is 0 Å². The summed E-state index contributed by atoms with van der Waals surface area (Å²) in [5.74, 6) is -0.430. The third-order valence-corrected chi connectivity index (χ3v) is 4.25. The number of benzene rings is 3. The Morgan fingerprint density at radius 1 is 1.05 bits per heavy atom. The fourth-order valence-electron chi connectivity index (χ4n) is 3.25. The molecule has 1 amide bonds. The van der Waals surface area contributed by atoms with Crippen LogP contribution in [0.25, 0.3) is 21.9 Å². The fourth-order valence-corrected chi connectivity index (χ4v) is 3.25. The molecule has 3 aromatic carbocycles. The number of carbonyl (C=O) groups excluding carboxylic acids is 1. The number of halogens is 1. The SMILES string of the molecule is CCc1cc(-c2ccccc2)c2c3c(ccc(F)c13)NC2=O. The van der Waals surface area contributed by atoms with Gasteiger partial charge in [0.2, 0.25) is 0 Å². The Kier molecular flexibility index (Phi) is 2.76. The average Bonchev–Trinajstić information content (AvgIpc) is 2.89. The minimum Gasteiger partial charge on any atom is -0.321 e. The summed E-state index contributed by atoms with van der Waals surface area (Å²) in [4.78, 5) is 12.4. The fraction of sp³-hybridized carbons (Fsp3) is 0.105. The third-order valence-electron chi connectivity index (χ3n) is 4.25. The summed E-state index contributed by atoms with van der Waals surface area (Å²) < 4.78 is 14.3. The highest BCUT2D eigenvalue weighted by Gasteiger charge is 2.28. The highest BCUT2D eigenvalue weighted by molar-refractivity contribution is 6.27. The normalized spacial score (nSPS) is 12.7. The van der Waals surface area contributed by atoms with Gasteiger partial charge in [-0.2, -0.15) is 0 Å². The summed E-state index contributed by atoms with van der Waals surface area (Å²) in [7, 11) is 0. The molecule has 3 aromatic rings. The molecular weight excluding hydrogens is 277 g/mol. The van der Waals surface area contributed by atoms with E-state index >= 15 is 0 Å². The zero-order valence-electron chi connectivity index (χ0n) is 12.1. The van der Waals surface area contributed by atoms with Gasteiger partial charge in [-0.25, -0.2) is 4.39 Å². The van der Waals surface area contributed by atoms with E-state index in [9.17, 15) is 9.18 Å². The second-order valence-corrected chi connectivity index (χ2v) is 5.48. The van der Waals surface area contributed by atoms with Crippen molar-refractivity contribution in [3.05, 3.63) is 65.5 Å². The zero-order chi connectivity index (χ0) is 15.3. The number of nitrogens with one attached hydrogen (secondary N) is 1. The maximum atomic E-state index is 14.3. The molecule has 22 heavy (non-hydrogen) atoms. The summed E-state index contributed by atoms with van der Waals surface area (Å²) in [6.45, 7) is 2.00. The van der Waals surface area contributed by atoms with Gasteiger partial charge in [0.25, 0.3) is 5.91 Å². The van der Waals surface area contributed by atoms with Crippen LogP contribution in [-0.2, 0) is 6.42 Å². The van der Waals surface area contributed by atoms with Crippen molar-refractivity contribution < 1.29 is 9.18 Å². The van der Waals surface area contributed by atoms with E-state index in [1.54, 1.807) is 6.07 Å². The van der Waals surface area contributed by atoms with E-state index in [2.05, 4.69) is 5.32 Å². The van der Waals surface area contributed by atoms with E-state index in [0.717, 1.165) is 16.7 Å². The predicted molar refractivity (Wildman–Crippen MR) is 86.7 cm³/mol. The van der Waals surface area contributed by atoms with E-state index in [1.165, 1.54) is 6.07 Å². The van der Waals surface area contributed by atoms with E-state index in [4.69, 9.17) is 0 Å². The van der Waals surface area contributed by atoms with Crippen LogP contribution in [0.15, 0.2) is 48.5 Å². The molecule has 0 aromatic heterocycles. The standard InChI is InChI=1S/C19H14FNO/c1-2-11-10-13(12-6-4-3-5-7-12)17-18-15(21-19(17)22)9-8-14(20)16(11)18/h3-10H,2H2,1H3,(H,21,22). The van der Waals surface area contributed by atoms with Gasteiger partial charge in [0.15, 0.2) is 0 Å². The maximum absolute atomic E-state index is 14.3. The summed E-state index contributed by atoms with van der Waals surface area (Å²) in [5, 5.41) is 4.13. The quantitative estimate of drug-likeness (QED) is 0.723. The van der Waals surface area contributed by atoms with Crippen LogP contribution in [0.1, 0.15) is 22.8 Å². The van der Waals surface area contributed by atoms with Crippen molar-refractivity contribution in [1.82, 2.24) is 0 Å². The summed E-state index contributed by atoms with van der Waals surface area (Å²) in [6.07, 6.45) is 0.713. The topological polar surface area (TPSA) is 29.1 Å². The molecule has 0 radical (unpaired) electrons. The van der Waals surface area contributed by atoms with Gasteiger partial charge in [0.1, 0.15) is 5.82 Å². The lowest BCUT2D eigenvalue weighted by molar-refractivity contribution is 0.103. The molecule has 0 spiro atoms. The predicted octanol–water partition coefficient (Wildman–Crippen LogP) is 4.77. The molecule has 0 fully saturated rings. The van der Waals surface area contributed by atoms with Crippen LogP contribution in [0, 0.1) is 5.82 Å². The smallest absolute Gasteiger partial charge is 0.257 e. The number of hydrogen-bond donors (Lipinski definition) is 1. The van der Waals surface area contributed by atoms with Gasteiger partial charge >= 0.3 is 0 Å². The molecule has 2 nitrogen and oxygen atoms in total. The van der Waals surface area contributed by atoms with Gasteiger partial charge < -0.3 is 5.32 Å². The first kappa shape index (κ1) is 13.0. The Labute approximate surface area is 127 Å². The Morgan fingerprint density at radius 2 is 1.82 bits per heavy atom. The lowest BCUT2D eigenvalue weighted by Crippen LogP contribution is -2.06. The molecule has 0 bridgehead atoms. The van der Waals surface area contributed by atoms with Crippen molar-refractivity contribution in [1.29, 1.82) is 0 Å². The Bertz CT molecular complexity index is 916. The zero-order valence-corrected chi connectivity index (χ0v) is 12.1. The van der Waals surface area contributed by atoms with E-state index in [-0.39, 0.29) is 11.7 Å². The maximum Gasteiger partial charge on any atom is 0.257 e. The van der Waals surface area contributed by atoms with E-state index in [0.29, 0.717) is 28.4 Å². The Morgan fingerprint density at radius 3 is 2.55 bits per heavy atom. The monoisotopic (exact) mass is 291 g/mol. The molecule has 0 atom stereocenters. The number of amides is 1. The molecule has 1 aliphatic rings. The van der Waals surface area contributed by atoms with E-state index in [1.807, 2.05) is 43.3 Å². The molecule has 0 saturated heterocycles. The molecular formula is C19H14FNO. The molecule has 108 valence electrons. The van der Waals surface area contributed by atoms with Gasteiger partial charge in [-0.3, -0.25) is 4.79 Å². The first-order chi connectivity index (χ1) is 10.7. The molecule has 0 saturated carbocycles. The first-order valence-corrected chi connectivity index (χ1v) is 7.35. The second-order valence-electron chi connectivity index (χ2n) is 5.48. The van der Waals surface area contributed by atoms with Crippen LogP contribution in [0.5, 0.6) is 0 Å². The first-order valence-electron chi connectivity index (χ1n) is 7.35. The molecule has 1 aliphatic heterocycles. The van der Waals surface area contributed by atoms with Gasteiger partial charge in [-0.15, -0.1) is 0 Å². The van der Waals surface area contributed by atoms with Crippen molar-refractivity contribution in [2.75, 3.05) is 5.32 Å². The summed E-state index contributed by atoms with van der Waals surface area (Å²) in [5.41, 5.74) is 4.04. The highest BCUT2D eigenvalue weighted by atomic mass is 19.1. The van der Waals surface area contributed by atoms with Crippen molar-refractivity contribution in [2.45, 2.75) is 13.3 Å². The van der Waals surface area contributed by atoms with Gasteiger partial charge in [0.05, 0.1) is 5.56 Å². The molecule has 3 heteroatoms. The highest BCUT2D eigenvalue weighted by Crippen LogP contribution is 2.42. The van der Waals surface area contributed by atoms with E-state index < -0.39 is 0 Å². The van der Waals surface area contributed by atoms with Crippen molar-refractivity contribution >= 4 is 22.4 Å². The lowest BCUT2D eigenvalue weighted by atomic mass is 9.90. The van der Waals surface area contributed by atoms with Crippen LogP contribution >= 0.6 is 0 Å². The third kappa shape index (κ3) is 1.69. The average molecular weight is 291 g/mol. The number of anilines is 1. The van der Waals surface area contributed by atoms with Crippen molar-refractivity contribution in [3.8, 4) is 11.1 Å². The molecule has 0 unspecified atom stereocenters. The largest absolute Gasteiger partial charge is 0.321 e. The minimum absolute atomic E-state index is 0.160. The lowest BCUT2D eigenvalue weighted by Gasteiger charge is -2.12. The number of hydrogen-bond acceptors (Lipinski definition) is 1. The van der Waals surface area contributed by atoms with Crippen molar-refractivity contribution in [3.63, 3.8) is 0 Å². The minimum atomic E-state index is -0.270. The molecule has 0 aliphatic carbocycles. The number of carbonyl (C=O) groups is 1. The Balaban J connectivity index is 2.18. The van der Waals surface area contributed by atoms with Gasteiger partial charge in [-0.1, -0.05) is 37.3 Å². The molecule has 1 heterocycles. The number of aryl methyl sites for hydroxylation is 1. The molecule has 1 N–H and O–H groups in total. The van der Waals surface area contributed by atoms with Gasteiger partial charge in [0, 0.05) is 16.5 Å². The number of rotatable bonds is 2. The van der Waals surface area contributed by atoms with Crippen LogP contribution < -0.4 is 5.32 Å². The van der Waals surface area contributed by atoms with Crippen LogP contribution in [0.4, 0.5) is 10.1 Å². The molecule has 4 rings (SSSR count). The van der Waals surface area contributed by atoms with Gasteiger partial charge in [-0.05, 0) is 41.3 Å². The Hall–Kier alpha value is -2.68. The second kappa shape index (κ2) is 4.67. The summed E-state index contributed by atoms with van der Waals surface area (Å²) in [6, 6.07) is 14.8. The summed E-state index contributed by atoms with van der Waals surface area (Å²) >= 11 is 0. The van der Waals surface area contributed by atoms with Crippen molar-refractivity contribution in [2.24, 2.45) is 0 Å². The van der Waals surface area contributed by atoms with Crippen LogP contribution in [-0.4, -0.2) is 5.91 Å².